The molecule has 6 rings (SSSR count). The Balaban J connectivity index is 0.000000526. The Kier molecular flexibility index (Phi) is 17.2. The molecule has 0 N–H and O–H groups in total. The van der Waals surface area contributed by atoms with E-state index in [0.717, 1.165) is 0 Å². The van der Waals surface area contributed by atoms with Gasteiger partial charge in [-0.15, -0.1) is 104 Å². The third-order valence-electron chi connectivity index (χ3n) is 5.58. The summed E-state index contributed by atoms with van der Waals surface area (Å²) in [6, 6.07) is 38.5. The molecule has 0 fully saturated rings. The molecule has 0 spiro atoms. The van der Waals surface area contributed by atoms with E-state index in [1.165, 1.54) is 66.4 Å². The van der Waals surface area contributed by atoms with Crippen LogP contribution in [0.3, 0.4) is 0 Å². The van der Waals surface area contributed by atoms with E-state index in [1.54, 1.807) is 0 Å². The van der Waals surface area contributed by atoms with Crippen molar-refractivity contribution in [2.24, 2.45) is 0 Å². The third-order valence-corrected chi connectivity index (χ3v) is 6.65. The second-order valence-electron chi connectivity index (χ2n) is 9.10. The fourth-order valence-electron chi connectivity index (χ4n) is 4.11. The normalized spacial score (nSPS) is 9.87. The quantitative estimate of drug-likeness (QED) is 0.133. The molecule has 0 aliphatic rings. The number of rotatable bonds is 2. The first-order valence-corrected chi connectivity index (χ1v) is 19.3. The van der Waals surface area contributed by atoms with Gasteiger partial charge in [0, 0.05) is 0 Å². The molecule has 6 aromatic rings. The van der Waals surface area contributed by atoms with Gasteiger partial charge in [0.05, 0.1) is 0 Å². The molecule has 1 nitrogen and oxygen atoms in total. The fourth-order valence-corrected chi connectivity index (χ4v) is 4.73. The Morgan fingerprint density at radius 3 is 1.03 bits per heavy atom. The monoisotopic (exact) mass is 652 g/mol. The van der Waals surface area contributed by atoms with E-state index in [1.807, 2.05) is 0 Å². The van der Waals surface area contributed by atoms with Gasteiger partial charge in [-0.3, -0.25) is 0 Å². The van der Waals surface area contributed by atoms with Crippen LogP contribution >= 0.6 is 24.8 Å². The van der Waals surface area contributed by atoms with Gasteiger partial charge in [0.1, 0.15) is 0 Å². The molecule has 38 heavy (non-hydrogen) atoms. The molecule has 2 radical (unpaired) electrons. The summed E-state index contributed by atoms with van der Waals surface area (Å²) in [6.45, 7) is 13.7. The molecule has 0 saturated heterocycles. The van der Waals surface area contributed by atoms with Crippen LogP contribution in [0, 0.1) is 14.4 Å². The summed E-state index contributed by atoms with van der Waals surface area (Å²) in [5, 5.41) is 10.8. The van der Waals surface area contributed by atoms with Crippen LogP contribution in [-0.2, 0) is 27.8 Å². The molecular formula is C32H36Cl2OSi2Zr-4. The summed E-state index contributed by atoms with van der Waals surface area (Å²) in [5.74, 6) is 0. The summed E-state index contributed by atoms with van der Waals surface area (Å²) in [6.07, 6.45) is 0. The van der Waals surface area contributed by atoms with Gasteiger partial charge in [-0.2, -0.15) is 0 Å². The van der Waals surface area contributed by atoms with Crippen LogP contribution in [0.1, 0.15) is 0 Å². The molecule has 0 aromatic heterocycles. The van der Waals surface area contributed by atoms with Crippen LogP contribution in [0.5, 0.6) is 0 Å². The second kappa shape index (κ2) is 17.9. The molecule has 0 unspecified atom stereocenters. The predicted molar refractivity (Wildman–Crippen MR) is 175 cm³/mol. The Bertz CT molecular complexity index is 1300. The zero-order valence-corrected chi connectivity index (χ0v) is 28.6. The maximum absolute atomic E-state index is 5.26. The van der Waals surface area contributed by atoms with E-state index in [2.05, 4.69) is 143 Å². The summed E-state index contributed by atoms with van der Waals surface area (Å²) in [7, 11) is -1.22. The Labute approximate surface area is 258 Å². The summed E-state index contributed by atoms with van der Waals surface area (Å²) in [4.78, 5) is 0. The Morgan fingerprint density at radius 1 is 0.605 bits per heavy atom. The molecule has 0 aliphatic carbocycles. The molecule has 0 bridgehead atoms. The second-order valence-corrected chi connectivity index (χ2v) is 13.6. The van der Waals surface area contributed by atoms with Crippen LogP contribution < -0.4 is 0 Å². The number of hydrogen-bond acceptors (Lipinski definition) is 1. The van der Waals surface area contributed by atoms with Gasteiger partial charge >= 0.3 is 30.2 Å². The molecule has 0 saturated carbocycles. The van der Waals surface area contributed by atoms with E-state index in [-0.39, 0.29) is 32.2 Å². The van der Waals surface area contributed by atoms with Gasteiger partial charge in [0.15, 0.2) is 8.32 Å². The van der Waals surface area contributed by atoms with Gasteiger partial charge in [0.25, 0.3) is 0 Å². The maximum Gasteiger partial charge on any atom is -0.0771 e. The summed E-state index contributed by atoms with van der Waals surface area (Å²) in [5.41, 5.74) is 0. The van der Waals surface area contributed by atoms with Crippen LogP contribution in [0.15, 0.2) is 109 Å². The van der Waals surface area contributed by atoms with Gasteiger partial charge in [-0.25, -0.2) is 0 Å². The largest absolute Gasteiger partial charge is 0.126 e. The first kappa shape index (κ1) is 36.5. The molecule has 0 atom stereocenters. The average Bonchev–Trinajstić information content (AvgIpc) is 3.44. The van der Waals surface area contributed by atoms with Crippen molar-refractivity contribution in [1.29, 1.82) is 0 Å². The summed E-state index contributed by atoms with van der Waals surface area (Å²) >= 11 is 1.36. The zero-order valence-electron chi connectivity index (χ0n) is 22.5. The first-order chi connectivity index (χ1) is 17.0. The van der Waals surface area contributed by atoms with Crippen LogP contribution in [0.4, 0.5) is 0 Å². The van der Waals surface area contributed by atoms with E-state index >= 15 is 0 Å². The van der Waals surface area contributed by atoms with Crippen molar-refractivity contribution >= 4 is 83.1 Å². The SMILES string of the molecule is Cl.Cl.[CH2-]CO[Si](C)(C)C.[CH3-].[Si]=[Zr].c1ccc2c(c1)[cH-]c1ccccc12.c1ccc2c(c1)[cH-]c1ccccc12. The minimum absolute atomic E-state index is 0. The minimum atomic E-state index is -1.22. The molecule has 200 valence electrons. The third kappa shape index (κ3) is 9.90. The van der Waals surface area contributed by atoms with Crippen molar-refractivity contribution in [2.45, 2.75) is 19.6 Å². The van der Waals surface area contributed by atoms with E-state index in [4.69, 9.17) is 4.43 Å². The van der Waals surface area contributed by atoms with Crippen molar-refractivity contribution in [3.63, 3.8) is 0 Å². The maximum atomic E-state index is 5.26. The average molecular weight is 655 g/mol. The first-order valence-electron chi connectivity index (χ1n) is 11.7. The van der Waals surface area contributed by atoms with Crippen LogP contribution in [0.25, 0.3) is 43.1 Å². The number of halogens is 2. The Hall–Kier alpha value is -1.52. The van der Waals surface area contributed by atoms with Gasteiger partial charge in [0.2, 0.25) is 0 Å². The fraction of sp³-hybridized carbons (Fsp3) is 0.125. The zero-order chi connectivity index (χ0) is 25.3. The van der Waals surface area contributed by atoms with Crippen molar-refractivity contribution in [2.75, 3.05) is 6.61 Å². The smallest absolute Gasteiger partial charge is 0.0771 e. The van der Waals surface area contributed by atoms with Crippen molar-refractivity contribution in [3.8, 4) is 0 Å². The molecule has 0 aliphatic heterocycles. The van der Waals surface area contributed by atoms with Crippen LogP contribution in [0.2, 0.25) is 19.6 Å². The van der Waals surface area contributed by atoms with Gasteiger partial charge in [-0.05, 0) is 19.6 Å². The van der Waals surface area contributed by atoms with E-state index < -0.39 is 8.32 Å². The van der Waals surface area contributed by atoms with Gasteiger partial charge in [-0.1, -0.05) is 79.4 Å². The number of fused-ring (bicyclic) bond motifs is 6. The van der Waals surface area contributed by atoms with Crippen molar-refractivity contribution in [3.05, 3.63) is 124 Å². The van der Waals surface area contributed by atoms with Crippen molar-refractivity contribution in [1.82, 2.24) is 0 Å². The molecule has 6 aromatic carbocycles. The van der Waals surface area contributed by atoms with Gasteiger partial charge < -0.3 is 18.8 Å². The molecule has 6 heteroatoms. The standard InChI is InChI=1S/2C13H9.C5H13OSi.CH3.2ClH.Si.Zr/c2*1-3-7-12-10(5-1)9-11-6-2-4-8-13(11)12;1-5-6-7(2,3)4;;;;;/h2*1-9H;1,5H2,2-4H3;1H3;2*1H;;/q4*-1;;;;. The van der Waals surface area contributed by atoms with E-state index in [9.17, 15) is 0 Å². The topological polar surface area (TPSA) is 9.23 Å². The van der Waals surface area contributed by atoms with Crippen LogP contribution in [-0.4, -0.2) is 21.8 Å². The molecule has 0 heterocycles. The predicted octanol–water partition coefficient (Wildman–Crippen LogP) is 10.0. The summed E-state index contributed by atoms with van der Waals surface area (Å²) < 4.78 is 5.26. The minimum Gasteiger partial charge on any atom is -0.126 e. The molecular weight excluding hydrogens is 619 g/mol. The number of hydrogen-bond donors (Lipinski definition) is 0. The van der Waals surface area contributed by atoms with E-state index in [0.29, 0.717) is 6.61 Å². The number of benzene rings is 4. The van der Waals surface area contributed by atoms with Crippen molar-refractivity contribution < 1.29 is 27.8 Å². The Morgan fingerprint density at radius 2 is 0.842 bits per heavy atom. The molecule has 0 amide bonds.